The first kappa shape index (κ1) is 17.4. The van der Waals surface area contributed by atoms with Gasteiger partial charge in [-0.25, -0.2) is 4.39 Å². The fraction of sp³-hybridized carbons (Fsp3) is 0.167. The topological polar surface area (TPSA) is 89.3 Å². The Hall–Kier alpha value is -3.42. The van der Waals surface area contributed by atoms with Gasteiger partial charge < -0.3 is 19.8 Å². The van der Waals surface area contributed by atoms with Gasteiger partial charge in [-0.15, -0.1) is 5.10 Å². The van der Waals surface area contributed by atoms with Gasteiger partial charge in [0.05, 0.1) is 12.3 Å². The van der Waals surface area contributed by atoms with Crippen molar-refractivity contribution in [3.05, 3.63) is 66.3 Å². The van der Waals surface area contributed by atoms with Crippen molar-refractivity contribution in [1.29, 1.82) is 0 Å². The number of amides is 1. The zero-order valence-electron chi connectivity index (χ0n) is 13.8. The summed E-state index contributed by atoms with van der Waals surface area (Å²) in [7, 11) is 0. The molecule has 3 rings (SSSR count). The van der Waals surface area contributed by atoms with Crippen LogP contribution in [-0.2, 0) is 0 Å². The summed E-state index contributed by atoms with van der Waals surface area (Å²) in [5.74, 6) is -0.388. The number of carbonyl (C=O) groups excluding carboxylic acids is 1. The fourth-order valence-corrected chi connectivity index (χ4v) is 2.10. The molecule has 2 aromatic carbocycles. The molecule has 0 saturated carbocycles. The molecular weight excluding hydrogens is 339 g/mol. The number of anilines is 2. The molecule has 0 aliphatic heterocycles. The number of halogens is 1. The highest BCUT2D eigenvalue weighted by Gasteiger charge is 2.15. The van der Waals surface area contributed by atoms with Crippen LogP contribution in [0.5, 0.6) is 5.75 Å². The second kappa shape index (κ2) is 8.61. The number of carbonyl (C=O) groups is 1. The molecule has 0 saturated heterocycles. The second-order valence-corrected chi connectivity index (χ2v) is 5.29. The first-order valence-corrected chi connectivity index (χ1v) is 8.03. The largest absolute Gasteiger partial charge is 0.494 e. The Morgan fingerprint density at radius 1 is 1.08 bits per heavy atom. The average Bonchev–Trinajstić information content (AvgIpc) is 3.13. The third-order valence-electron chi connectivity index (χ3n) is 3.35. The zero-order chi connectivity index (χ0) is 18.2. The predicted molar refractivity (Wildman–Crippen MR) is 92.9 cm³/mol. The van der Waals surface area contributed by atoms with Gasteiger partial charge in [0.2, 0.25) is 0 Å². The molecule has 0 atom stereocenters. The first-order chi connectivity index (χ1) is 12.7. The van der Waals surface area contributed by atoms with Crippen molar-refractivity contribution in [1.82, 2.24) is 15.5 Å². The number of benzene rings is 2. The fourth-order valence-electron chi connectivity index (χ4n) is 2.10. The lowest BCUT2D eigenvalue weighted by atomic mass is 10.3. The molecule has 0 aliphatic rings. The van der Waals surface area contributed by atoms with Crippen LogP contribution in [0.15, 0.2) is 59.0 Å². The van der Waals surface area contributed by atoms with Crippen LogP contribution in [0.1, 0.15) is 17.1 Å². The van der Waals surface area contributed by atoms with Gasteiger partial charge >= 0.3 is 17.8 Å². The van der Waals surface area contributed by atoms with Gasteiger partial charge in [-0.3, -0.25) is 4.79 Å². The van der Waals surface area contributed by atoms with Crippen LogP contribution in [0.2, 0.25) is 0 Å². The van der Waals surface area contributed by atoms with Gasteiger partial charge in [0.15, 0.2) is 0 Å². The van der Waals surface area contributed by atoms with Crippen LogP contribution >= 0.6 is 0 Å². The van der Waals surface area contributed by atoms with Crippen molar-refractivity contribution in [3.8, 4) is 5.75 Å². The number of para-hydroxylation sites is 2. The molecular formula is C18H17FN4O3. The van der Waals surface area contributed by atoms with Crippen LogP contribution in [0.4, 0.5) is 16.1 Å². The molecule has 0 fully saturated rings. The Balaban J connectivity index is 1.42. The van der Waals surface area contributed by atoms with E-state index in [1.165, 1.54) is 12.1 Å². The van der Waals surface area contributed by atoms with Gasteiger partial charge in [0.1, 0.15) is 11.6 Å². The number of nitrogens with zero attached hydrogens (tertiary/aromatic N) is 2. The van der Waals surface area contributed by atoms with E-state index in [4.69, 9.17) is 9.15 Å². The van der Waals surface area contributed by atoms with E-state index in [0.717, 1.165) is 5.75 Å². The van der Waals surface area contributed by atoms with Crippen molar-refractivity contribution in [2.45, 2.75) is 6.42 Å². The molecule has 0 spiro atoms. The number of nitrogens with one attached hydrogen (secondary N) is 2. The van der Waals surface area contributed by atoms with Gasteiger partial charge in [0, 0.05) is 6.54 Å². The normalized spacial score (nSPS) is 10.3. The number of hydrogen-bond donors (Lipinski definition) is 2. The Morgan fingerprint density at radius 2 is 1.85 bits per heavy atom. The summed E-state index contributed by atoms with van der Waals surface area (Å²) >= 11 is 0. The van der Waals surface area contributed by atoms with Crippen LogP contribution in [0, 0.1) is 5.82 Å². The molecule has 26 heavy (non-hydrogen) atoms. The van der Waals surface area contributed by atoms with Crippen LogP contribution in [0.25, 0.3) is 0 Å². The second-order valence-electron chi connectivity index (χ2n) is 5.29. The smallest absolute Gasteiger partial charge is 0.320 e. The molecule has 3 aromatic rings. The maximum atomic E-state index is 13.6. The summed E-state index contributed by atoms with van der Waals surface area (Å²) in [6.45, 7) is 0.859. The third kappa shape index (κ3) is 4.79. The summed E-state index contributed by atoms with van der Waals surface area (Å²) in [5, 5.41) is 12.6. The lowest BCUT2D eigenvalue weighted by molar-refractivity contribution is 0.0917. The highest BCUT2D eigenvalue weighted by molar-refractivity contribution is 5.89. The SMILES string of the molecule is O=C(NCCCOc1ccccc1)c1nnc(Nc2ccccc2F)o1. The van der Waals surface area contributed by atoms with E-state index < -0.39 is 11.7 Å². The lowest BCUT2D eigenvalue weighted by Crippen LogP contribution is -2.25. The summed E-state index contributed by atoms with van der Waals surface area (Å²) in [4.78, 5) is 12.0. The van der Waals surface area contributed by atoms with Gasteiger partial charge in [-0.2, -0.15) is 0 Å². The standard InChI is InChI=1S/C18H17FN4O3/c19-14-9-4-5-10-15(14)21-18-23-22-17(26-18)16(24)20-11-6-12-25-13-7-2-1-3-8-13/h1-5,7-10H,6,11-12H2,(H,20,24)(H,21,23). The number of ether oxygens (including phenoxy) is 1. The quantitative estimate of drug-likeness (QED) is 0.603. The molecule has 0 aliphatic carbocycles. The number of aromatic nitrogens is 2. The number of rotatable bonds is 8. The number of hydrogen-bond acceptors (Lipinski definition) is 6. The molecule has 0 radical (unpaired) electrons. The van der Waals surface area contributed by atoms with Crippen LogP contribution in [0.3, 0.4) is 0 Å². The van der Waals surface area contributed by atoms with Gasteiger partial charge in [-0.1, -0.05) is 35.4 Å². The summed E-state index contributed by atoms with van der Waals surface area (Å²) in [5.41, 5.74) is 0.182. The van der Waals surface area contributed by atoms with Gasteiger partial charge in [-0.05, 0) is 30.7 Å². The van der Waals surface area contributed by atoms with E-state index in [9.17, 15) is 9.18 Å². The zero-order valence-corrected chi connectivity index (χ0v) is 13.8. The Labute approximate surface area is 149 Å². The molecule has 7 nitrogen and oxygen atoms in total. The Morgan fingerprint density at radius 3 is 2.65 bits per heavy atom. The van der Waals surface area contributed by atoms with Gasteiger partial charge in [0.25, 0.3) is 0 Å². The van der Waals surface area contributed by atoms with Crippen molar-refractivity contribution in [2.24, 2.45) is 0 Å². The van der Waals surface area contributed by atoms with Crippen LogP contribution < -0.4 is 15.4 Å². The minimum atomic E-state index is -0.501. The highest BCUT2D eigenvalue weighted by atomic mass is 19.1. The molecule has 1 amide bonds. The van der Waals surface area contributed by atoms with Crippen molar-refractivity contribution in [2.75, 3.05) is 18.5 Å². The lowest BCUT2D eigenvalue weighted by Gasteiger charge is -2.06. The Kier molecular flexibility index (Phi) is 5.76. The summed E-state index contributed by atoms with van der Waals surface area (Å²) < 4.78 is 24.3. The van der Waals surface area contributed by atoms with E-state index in [2.05, 4.69) is 20.8 Å². The third-order valence-corrected chi connectivity index (χ3v) is 3.35. The first-order valence-electron chi connectivity index (χ1n) is 8.03. The maximum absolute atomic E-state index is 13.6. The van der Waals surface area contributed by atoms with E-state index in [1.54, 1.807) is 12.1 Å². The molecule has 134 valence electrons. The van der Waals surface area contributed by atoms with Crippen molar-refractivity contribution < 1.29 is 18.3 Å². The molecule has 0 unspecified atom stereocenters. The van der Waals surface area contributed by atoms with Crippen molar-refractivity contribution >= 4 is 17.6 Å². The highest BCUT2D eigenvalue weighted by Crippen LogP contribution is 2.18. The van der Waals surface area contributed by atoms with E-state index in [0.29, 0.717) is 19.6 Å². The van der Waals surface area contributed by atoms with E-state index >= 15 is 0 Å². The van der Waals surface area contributed by atoms with E-state index in [-0.39, 0.29) is 17.6 Å². The predicted octanol–water partition coefficient (Wildman–Crippen LogP) is 3.15. The maximum Gasteiger partial charge on any atom is 0.320 e. The monoisotopic (exact) mass is 356 g/mol. The van der Waals surface area contributed by atoms with Crippen molar-refractivity contribution in [3.63, 3.8) is 0 Å². The summed E-state index contributed by atoms with van der Waals surface area (Å²) in [6.07, 6.45) is 0.620. The van der Waals surface area contributed by atoms with E-state index in [1.807, 2.05) is 30.3 Å². The molecule has 8 heteroatoms. The van der Waals surface area contributed by atoms with Crippen LogP contribution in [-0.4, -0.2) is 29.3 Å². The average molecular weight is 356 g/mol. The summed E-state index contributed by atoms with van der Waals surface area (Å²) in [6, 6.07) is 15.4. The molecule has 1 heterocycles. The molecule has 1 aromatic heterocycles. The Bertz CT molecular complexity index is 854. The molecule has 2 N–H and O–H groups in total. The minimum Gasteiger partial charge on any atom is -0.494 e. The molecule has 0 bridgehead atoms. The minimum absolute atomic E-state index is 0.0624.